The minimum absolute atomic E-state index is 0.314. The molecular formula is C12H19NO3. The Morgan fingerprint density at radius 1 is 1.50 bits per heavy atom. The Morgan fingerprint density at radius 3 is 2.62 bits per heavy atom. The SMILES string of the molecule is CCN(Cc1ccco1)C(=O)OC(C)(C)C. The molecule has 0 spiro atoms. The van der Waals surface area contributed by atoms with Gasteiger partial charge in [0.2, 0.25) is 0 Å². The Bertz CT molecular complexity index is 325. The Morgan fingerprint density at radius 2 is 2.19 bits per heavy atom. The van der Waals surface area contributed by atoms with Gasteiger partial charge >= 0.3 is 6.09 Å². The first kappa shape index (κ1) is 12.6. The molecule has 1 rings (SSSR count). The van der Waals surface area contributed by atoms with E-state index >= 15 is 0 Å². The van der Waals surface area contributed by atoms with E-state index in [9.17, 15) is 4.79 Å². The molecule has 0 unspecified atom stereocenters. The molecule has 90 valence electrons. The molecular weight excluding hydrogens is 206 g/mol. The average molecular weight is 225 g/mol. The first-order valence-electron chi connectivity index (χ1n) is 5.42. The van der Waals surface area contributed by atoms with Crippen molar-refractivity contribution in [3.05, 3.63) is 24.2 Å². The molecule has 0 aliphatic rings. The smallest absolute Gasteiger partial charge is 0.410 e. The lowest BCUT2D eigenvalue weighted by Gasteiger charge is -2.25. The van der Waals surface area contributed by atoms with Crippen LogP contribution in [0.25, 0.3) is 0 Å². The maximum Gasteiger partial charge on any atom is 0.410 e. The Hall–Kier alpha value is -1.45. The zero-order chi connectivity index (χ0) is 12.2. The molecule has 1 heterocycles. The molecule has 0 N–H and O–H groups in total. The highest BCUT2D eigenvalue weighted by molar-refractivity contribution is 5.68. The van der Waals surface area contributed by atoms with Gasteiger partial charge < -0.3 is 14.1 Å². The van der Waals surface area contributed by atoms with Crippen molar-refractivity contribution < 1.29 is 13.9 Å². The molecule has 0 fully saturated rings. The molecule has 0 saturated carbocycles. The van der Waals surface area contributed by atoms with Crippen molar-refractivity contribution in [1.82, 2.24) is 4.90 Å². The van der Waals surface area contributed by atoms with Gasteiger partial charge in [-0.15, -0.1) is 0 Å². The number of carbonyl (C=O) groups is 1. The first-order chi connectivity index (χ1) is 7.42. The van der Waals surface area contributed by atoms with Crippen molar-refractivity contribution in [2.45, 2.75) is 39.8 Å². The van der Waals surface area contributed by atoms with Gasteiger partial charge in [0.1, 0.15) is 11.4 Å². The molecule has 1 aromatic heterocycles. The summed E-state index contributed by atoms with van der Waals surface area (Å²) < 4.78 is 10.5. The van der Waals surface area contributed by atoms with Gasteiger partial charge in [-0.1, -0.05) is 0 Å². The highest BCUT2D eigenvalue weighted by Crippen LogP contribution is 2.12. The molecule has 16 heavy (non-hydrogen) atoms. The van der Waals surface area contributed by atoms with Crippen LogP contribution in [0.4, 0.5) is 4.79 Å². The van der Waals surface area contributed by atoms with Gasteiger partial charge in [0, 0.05) is 6.54 Å². The first-order valence-corrected chi connectivity index (χ1v) is 5.42. The van der Waals surface area contributed by atoms with Gasteiger partial charge in [-0.05, 0) is 39.8 Å². The van der Waals surface area contributed by atoms with Crippen LogP contribution in [-0.4, -0.2) is 23.1 Å². The number of hydrogen-bond donors (Lipinski definition) is 0. The molecule has 4 heteroatoms. The van der Waals surface area contributed by atoms with E-state index in [1.165, 1.54) is 0 Å². The summed E-state index contributed by atoms with van der Waals surface area (Å²) in [7, 11) is 0. The molecule has 1 amide bonds. The lowest BCUT2D eigenvalue weighted by Crippen LogP contribution is -2.36. The summed E-state index contributed by atoms with van der Waals surface area (Å²) in [5.74, 6) is 0.757. The minimum Gasteiger partial charge on any atom is -0.467 e. The standard InChI is InChI=1S/C12H19NO3/c1-5-13(9-10-7-6-8-15-10)11(14)16-12(2,3)4/h6-8H,5,9H2,1-4H3. The van der Waals surface area contributed by atoms with Crippen molar-refractivity contribution in [1.29, 1.82) is 0 Å². The minimum atomic E-state index is -0.465. The summed E-state index contributed by atoms with van der Waals surface area (Å²) in [6.07, 6.45) is 1.28. The van der Waals surface area contributed by atoms with E-state index in [1.54, 1.807) is 17.2 Å². The van der Waals surface area contributed by atoms with Crippen LogP contribution in [0.15, 0.2) is 22.8 Å². The highest BCUT2D eigenvalue weighted by Gasteiger charge is 2.21. The van der Waals surface area contributed by atoms with E-state index in [0.717, 1.165) is 5.76 Å². The van der Waals surface area contributed by atoms with Crippen LogP contribution in [-0.2, 0) is 11.3 Å². The van der Waals surface area contributed by atoms with E-state index < -0.39 is 5.60 Å². The van der Waals surface area contributed by atoms with Gasteiger partial charge in [-0.25, -0.2) is 4.79 Å². The quantitative estimate of drug-likeness (QED) is 0.794. The second-order valence-corrected chi connectivity index (χ2v) is 4.57. The van der Waals surface area contributed by atoms with Crippen LogP contribution in [0, 0.1) is 0 Å². The summed E-state index contributed by atoms with van der Waals surface area (Å²) >= 11 is 0. The molecule has 1 aromatic rings. The number of carbonyl (C=O) groups excluding carboxylic acids is 1. The maximum atomic E-state index is 11.8. The molecule has 0 atom stereocenters. The maximum absolute atomic E-state index is 11.8. The molecule has 0 aromatic carbocycles. The van der Waals surface area contributed by atoms with E-state index in [4.69, 9.17) is 9.15 Å². The van der Waals surface area contributed by atoms with Crippen LogP contribution in [0.3, 0.4) is 0 Å². The van der Waals surface area contributed by atoms with Crippen molar-refractivity contribution in [2.75, 3.05) is 6.54 Å². The summed E-state index contributed by atoms with van der Waals surface area (Å²) in [6, 6.07) is 3.64. The lowest BCUT2D eigenvalue weighted by atomic mass is 10.2. The van der Waals surface area contributed by atoms with Gasteiger partial charge in [0.05, 0.1) is 12.8 Å². The topological polar surface area (TPSA) is 42.7 Å². The monoisotopic (exact) mass is 225 g/mol. The summed E-state index contributed by atoms with van der Waals surface area (Å²) in [4.78, 5) is 13.4. The molecule has 0 aliphatic carbocycles. The predicted octanol–water partition coefficient (Wildman–Crippen LogP) is 3.04. The zero-order valence-electron chi connectivity index (χ0n) is 10.3. The van der Waals surface area contributed by atoms with Crippen LogP contribution in [0.2, 0.25) is 0 Å². The molecule has 0 bridgehead atoms. The third kappa shape index (κ3) is 3.96. The van der Waals surface area contributed by atoms with Crippen LogP contribution >= 0.6 is 0 Å². The van der Waals surface area contributed by atoms with Gasteiger partial charge in [-0.2, -0.15) is 0 Å². The second-order valence-electron chi connectivity index (χ2n) is 4.57. The summed E-state index contributed by atoms with van der Waals surface area (Å²) in [6.45, 7) is 8.50. The van der Waals surface area contributed by atoms with Gasteiger partial charge in [-0.3, -0.25) is 0 Å². The number of amides is 1. The second kappa shape index (κ2) is 5.05. The van der Waals surface area contributed by atoms with E-state index in [0.29, 0.717) is 13.1 Å². The van der Waals surface area contributed by atoms with Gasteiger partial charge in [0.25, 0.3) is 0 Å². The fourth-order valence-electron chi connectivity index (χ4n) is 1.22. The number of nitrogens with zero attached hydrogens (tertiary/aromatic N) is 1. The molecule has 4 nitrogen and oxygen atoms in total. The molecule has 0 radical (unpaired) electrons. The van der Waals surface area contributed by atoms with Crippen molar-refractivity contribution in [2.24, 2.45) is 0 Å². The van der Waals surface area contributed by atoms with Crippen LogP contribution in [0.5, 0.6) is 0 Å². The predicted molar refractivity (Wildman–Crippen MR) is 61.0 cm³/mol. The zero-order valence-corrected chi connectivity index (χ0v) is 10.3. The van der Waals surface area contributed by atoms with Crippen LogP contribution in [0.1, 0.15) is 33.5 Å². The van der Waals surface area contributed by atoms with E-state index in [1.807, 2.05) is 33.8 Å². The Balaban J connectivity index is 2.57. The number of furan rings is 1. The van der Waals surface area contributed by atoms with E-state index in [2.05, 4.69) is 0 Å². The normalized spacial score (nSPS) is 11.2. The van der Waals surface area contributed by atoms with Crippen molar-refractivity contribution >= 4 is 6.09 Å². The number of rotatable bonds is 3. The van der Waals surface area contributed by atoms with Gasteiger partial charge in [0.15, 0.2) is 0 Å². The average Bonchev–Trinajstić information content (AvgIpc) is 2.63. The molecule has 0 aliphatic heterocycles. The lowest BCUT2D eigenvalue weighted by molar-refractivity contribution is 0.0232. The number of ether oxygens (including phenoxy) is 1. The third-order valence-corrected chi connectivity index (χ3v) is 1.96. The third-order valence-electron chi connectivity index (χ3n) is 1.96. The van der Waals surface area contributed by atoms with Crippen LogP contribution < -0.4 is 0 Å². The highest BCUT2D eigenvalue weighted by atomic mass is 16.6. The Kier molecular flexibility index (Phi) is 3.99. The largest absolute Gasteiger partial charge is 0.467 e. The molecule has 0 saturated heterocycles. The summed E-state index contributed by atoms with van der Waals surface area (Å²) in [5.41, 5.74) is -0.465. The van der Waals surface area contributed by atoms with Crippen molar-refractivity contribution in [3.63, 3.8) is 0 Å². The van der Waals surface area contributed by atoms with Crippen molar-refractivity contribution in [3.8, 4) is 0 Å². The summed E-state index contributed by atoms with van der Waals surface area (Å²) in [5, 5.41) is 0. The fraction of sp³-hybridized carbons (Fsp3) is 0.583. The number of hydrogen-bond acceptors (Lipinski definition) is 3. The Labute approximate surface area is 96.2 Å². The van der Waals surface area contributed by atoms with E-state index in [-0.39, 0.29) is 6.09 Å². The fourth-order valence-corrected chi connectivity index (χ4v) is 1.22.